The molecular weight excluding hydrogens is 144 g/mol. The molecule has 2 aliphatic rings. The second-order valence-electron chi connectivity index (χ2n) is 5.79. The summed E-state index contributed by atoms with van der Waals surface area (Å²) >= 11 is 0. The lowest BCUT2D eigenvalue weighted by Crippen LogP contribution is -2.03. The Hall–Kier alpha value is 0. The summed E-state index contributed by atoms with van der Waals surface area (Å²) in [7, 11) is 0. The summed E-state index contributed by atoms with van der Waals surface area (Å²) in [5, 5.41) is 0. The van der Waals surface area contributed by atoms with Gasteiger partial charge in [0, 0.05) is 0 Å². The fourth-order valence-corrected chi connectivity index (χ4v) is 3.19. The van der Waals surface area contributed by atoms with Crippen LogP contribution < -0.4 is 0 Å². The van der Waals surface area contributed by atoms with Gasteiger partial charge in [-0.25, -0.2) is 0 Å². The third-order valence-electron chi connectivity index (χ3n) is 4.48. The van der Waals surface area contributed by atoms with E-state index in [1.54, 1.807) is 0 Å². The van der Waals surface area contributed by atoms with Gasteiger partial charge in [0.15, 0.2) is 0 Å². The molecule has 2 fully saturated rings. The second-order valence-corrected chi connectivity index (χ2v) is 5.79. The third-order valence-corrected chi connectivity index (χ3v) is 4.48. The van der Waals surface area contributed by atoms with E-state index in [-0.39, 0.29) is 0 Å². The third kappa shape index (κ3) is 1.30. The van der Waals surface area contributed by atoms with E-state index in [1.807, 2.05) is 0 Å². The van der Waals surface area contributed by atoms with Crippen LogP contribution in [-0.2, 0) is 0 Å². The van der Waals surface area contributed by atoms with Crippen molar-refractivity contribution in [3.63, 3.8) is 0 Å². The zero-order valence-electron chi connectivity index (χ0n) is 8.93. The van der Waals surface area contributed by atoms with E-state index in [0.717, 1.165) is 23.7 Å². The topological polar surface area (TPSA) is 0 Å². The summed E-state index contributed by atoms with van der Waals surface area (Å²) < 4.78 is 0. The van der Waals surface area contributed by atoms with Crippen LogP contribution in [0, 0.1) is 29.1 Å². The molecule has 2 aliphatic carbocycles. The molecule has 0 spiro atoms. The first-order valence-electron chi connectivity index (χ1n) is 5.53. The Balaban J connectivity index is 1.85. The zero-order valence-corrected chi connectivity index (χ0v) is 8.93. The molecule has 0 aromatic rings. The molecule has 0 bridgehead atoms. The summed E-state index contributed by atoms with van der Waals surface area (Å²) in [6, 6.07) is 0. The highest BCUT2D eigenvalue weighted by molar-refractivity contribution is 5.04. The summed E-state index contributed by atoms with van der Waals surface area (Å²) in [5.41, 5.74) is 0.661. The first-order valence-corrected chi connectivity index (χ1v) is 5.53. The van der Waals surface area contributed by atoms with E-state index in [2.05, 4.69) is 27.7 Å². The predicted octanol–water partition coefficient (Wildman–Crippen LogP) is 3.71. The Morgan fingerprint density at radius 1 is 1.33 bits per heavy atom. The number of hydrogen-bond acceptors (Lipinski definition) is 0. The zero-order chi connectivity index (χ0) is 8.93. The van der Waals surface area contributed by atoms with Crippen molar-refractivity contribution in [2.75, 3.05) is 0 Å². The van der Waals surface area contributed by atoms with Crippen molar-refractivity contribution in [3.8, 4) is 0 Å². The fraction of sp³-hybridized carbons (Fsp3) is 1.00. The highest BCUT2D eigenvalue weighted by Crippen LogP contribution is 2.62. The first-order chi connectivity index (χ1) is 5.53. The molecule has 12 heavy (non-hydrogen) atoms. The fourth-order valence-electron chi connectivity index (χ4n) is 3.19. The lowest BCUT2D eigenvalue weighted by molar-refractivity contribution is 0.380. The SMILES string of the molecule is CC(CC1CC1)C1C(C)C1(C)C. The van der Waals surface area contributed by atoms with E-state index < -0.39 is 0 Å². The molecule has 3 atom stereocenters. The molecule has 3 unspecified atom stereocenters. The summed E-state index contributed by atoms with van der Waals surface area (Å²) in [6.07, 6.45) is 4.55. The van der Waals surface area contributed by atoms with Crippen LogP contribution in [0.3, 0.4) is 0 Å². The van der Waals surface area contributed by atoms with Crippen molar-refractivity contribution in [2.45, 2.75) is 47.0 Å². The van der Waals surface area contributed by atoms with E-state index in [4.69, 9.17) is 0 Å². The molecule has 0 heterocycles. The van der Waals surface area contributed by atoms with Crippen molar-refractivity contribution in [1.82, 2.24) is 0 Å². The van der Waals surface area contributed by atoms with Gasteiger partial charge in [-0.3, -0.25) is 0 Å². The highest BCUT2D eigenvalue weighted by Gasteiger charge is 2.56. The van der Waals surface area contributed by atoms with Crippen LogP contribution in [0.15, 0.2) is 0 Å². The van der Waals surface area contributed by atoms with Crippen molar-refractivity contribution in [2.24, 2.45) is 29.1 Å². The summed E-state index contributed by atoms with van der Waals surface area (Å²) in [4.78, 5) is 0. The Morgan fingerprint density at radius 2 is 1.83 bits per heavy atom. The molecule has 0 aliphatic heterocycles. The van der Waals surface area contributed by atoms with Crippen LogP contribution >= 0.6 is 0 Å². The van der Waals surface area contributed by atoms with Gasteiger partial charge >= 0.3 is 0 Å². The van der Waals surface area contributed by atoms with Crippen molar-refractivity contribution >= 4 is 0 Å². The molecule has 0 nitrogen and oxygen atoms in total. The molecule has 2 saturated carbocycles. The van der Waals surface area contributed by atoms with Gasteiger partial charge in [-0.15, -0.1) is 0 Å². The molecule has 0 saturated heterocycles. The van der Waals surface area contributed by atoms with Gasteiger partial charge in [0.25, 0.3) is 0 Å². The summed E-state index contributed by atoms with van der Waals surface area (Å²) in [6.45, 7) is 9.76. The lowest BCUT2D eigenvalue weighted by Gasteiger charge is -2.11. The largest absolute Gasteiger partial charge is 0.0622 e. The standard InChI is InChI=1S/C12H22/c1-8(7-10-5-6-10)11-9(2)12(11,3)4/h8-11H,5-7H2,1-4H3. The van der Waals surface area contributed by atoms with Crippen LogP contribution in [0.2, 0.25) is 0 Å². The van der Waals surface area contributed by atoms with E-state index in [9.17, 15) is 0 Å². The van der Waals surface area contributed by atoms with E-state index in [1.165, 1.54) is 19.3 Å². The minimum atomic E-state index is 0.661. The lowest BCUT2D eigenvalue weighted by atomic mass is 9.94. The Morgan fingerprint density at radius 3 is 2.17 bits per heavy atom. The van der Waals surface area contributed by atoms with Gasteiger partial charge in [-0.1, -0.05) is 40.5 Å². The molecule has 0 aromatic carbocycles. The molecule has 0 radical (unpaired) electrons. The Bertz CT molecular complexity index is 176. The molecule has 0 amide bonds. The molecule has 0 heteroatoms. The quantitative estimate of drug-likeness (QED) is 0.599. The smallest absolute Gasteiger partial charge is 0.0292 e. The number of hydrogen-bond donors (Lipinski definition) is 0. The molecule has 70 valence electrons. The van der Waals surface area contributed by atoms with Crippen LogP contribution in [0.4, 0.5) is 0 Å². The second kappa shape index (κ2) is 2.49. The maximum absolute atomic E-state index is 2.47. The average molecular weight is 166 g/mol. The molecule has 0 N–H and O–H groups in total. The summed E-state index contributed by atoms with van der Waals surface area (Å²) in [5.74, 6) is 4.11. The van der Waals surface area contributed by atoms with Crippen molar-refractivity contribution < 1.29 is 0 Å². The monoisotopic (exact) mass is 166 g/mol. The minimum Gasteiger partial charge on any atom is -0.0622 e. The molecule has 2 rings (SSSR count). The van der Waals surface area contributed by atoms with Gasteiger partial charge in [0.1, 0.15) is 0 Å². The Kier molecular flexibility index (Phi) is 1.79. The Labute approximate surface area is 76.7 Å². The van der Waals surface area contributed by atoms with E-state index >= 15 is 0 Å². The van der Waals surface area contributed by atoms with Crippen molar-refractivity contribution in [3.05, 3.63) is 0 Å². The highest BCUT2D eigenvalue weighted by atomic mass is 14.6. The molecule has 0 aromatic heterocycles. The van der Waals surface area contributed by atoms with Gasteiger partial charge < -0.3 is 0 Å². The number of rotatable bonds is 3. The normalized spacial score (nSPS) is 41.0. The van der Waals surface area contributed by atoms with Crippen LogP contribution in [0.5, 0.6) is 0 Å². The minimum absolute atomic E-state index is 0.661. The van der Waals surface area contributed by atoms with E-state index in [0.29, 0.717) is 5.41 Å². The van der Waals surface area contributed by atoms with Crippen LogP contribution in [0.25, 0.3) is 0 Å². The predicted molar refractivity (Wildman–Crippen MR) is 52.9 cm³/mol. The van der Waals surface area contributed by atoms with Gasteiger partial charge in [-0.2, -0.15) is 0 Å². The van der Waals surface area contributed by atoms with Gasteiger partial charge in [-0.05, 0) is 35.5 Å². The molecular formula is C12H22. The van der Waals surface area contributed by atoms with Crippen LogP contribution in [-0.4, -0.2) is 0 Å². The van der Waals surface area contributed by atoms with Crippen LogP contribution in [0.1, 0.15) is 47.0 Å². The van der Waals surface area contributed by atoms with Crippen molar-refractivity contribution in [1.29, 1.82) is 0 Å². The van der Waals surface area contributed by atoms with Gasteiger partial charge in [0.2, 0.25) is 0 Å². The maximum Gasteiger partial charge on any atom is -0.0292 e. The first kappa shape index (κ1) is 8.59. The maximum atomic E-state index is 2.47. The average Bonchev–Trinajstić information content (AvgIpc) is 2.77. The van der Waals surface area contributed by atoms with Gasteiger partial charge in [0.05, 0.1) is 0 Å².